The molecule has 1 fully saturated rings. The van der Waals surface area contributed by atoms with Gasteiger partial charge in [-0.05, 0) is 49.9 Å². The maximum atomic E-state index is 13.1. The lowest BCUT2D eigenvalue weighted by Crippen LogP contribution is -2.25. The number of rotatable bonds is 6. The zero-order valence-corrected chi connectivity index (χ0v) is 19.1. The molecule has 0 radical (unpaired) electrons. The van der Waals surface area contributed by atoms with Crippen LogP contribution in [0.2, 0.25) is 5.02 Å². The Morgan fingerprint density at radius 3 is 2.65 bits per heavy atom. The number of nitrogens with one attached hydrogen (secondary N) is 1. The van der Waals surface area contributed by atoms with Crippen molar-refractivity contribution < 1.29 is 18.0 Å². The number of sulfone groups is 1. The van der Waals surface area contributed by atoms with Crippen LogP contribution in [0.25, 0.3) is 10.2 Å². The fraction of sp³-hybridized carbons (Fsp3) is 0.286. The van der Waals surface area contributed by atoms with Crippen molar-refractivity contribution in [3.63, 3.8) is 0 Å². The van der Waals surface area contributed by atoms with E-state index < -0.39 is 15.7 Å². The number of anilines is 1. The van der Waals surface area contributed by atoms with Crippen molar-refractivity contribution in [1.29, 1.82) is 0 Å². The zero-order valence-electron chi connectivity index (χ0n) is 16.7. The van der Waals surface area contributed by atoms with Crippen LogP contribution in [-0.2, 0) is 19.5 Å². The Bertz CT molecular complexity index is 1230. The van der Waals surface area contributed by atoms with E-state index in [1.54, 1.807) is 0 Å². The SMILES string of the molecule is CS(=O)(=O)c1ccc(C(=NOC2CCCC2)C(=O)Nc2nc3ccccc3s2)cc1Cl. The van der Waals surface area contributed by atoms with Crippen LogP contribution in [0.3, 0.4) is 0 Å². The van der Waals surface area contributed by atoms with E-state index in [2.05, 4.69) is 15.5 Å². The van der Waals surface area contributed by atoms with Gasteiger partial charge in [-0.25, -0.2) is 13.4 Å². The fourth-order valence-electron chi connectivity index (χ4n) is 3.38. The van der Waals surface area contributed by atoms with E-state index in [1.807, 2.05) is 24.3 Å². The summed E-state index contributed by atoms with van der Waals surface area (Å²) in [5, 5.41) is 7.34. The molecular weight excluding hydrogens is 458 g/mol. The van der Waals surface area contributed by atoms with Crippen molar-refractivity contribution in [1.82, 2.24) is 4.98 Å². The molecule has 3 aromatic rings. The standard InChI is InChI=1S/C21H20ClN3O4S2/c1-31(27,28)18-11-10-13(12-15(18)22)19(25-29-14-6-2-3-7-14)20(26)24-21-23-16-8-4-5-9-17(16)30-21/h4-5,8-12,14H,2-3,6-7H2,1H3,(H,23,24,26). The second-order valence-electron chi connectivity index (χ2n) is 7.31. The predicted molar refractivity (Wildman–Crippen MR) is 123 cm³/mol. The summed E-state index contributed by atoms with van der Waals surface area (Å²) >= 11 is 7.53. The third kappa shape index (κ3) is 5.06. The third-order valence-electron chi connectivity index (χ3n) is 4.93. The molecular formula is C21H20ClN3O4S2. The molecule has 1 aromatic heterocycles. The van der Waals surface area contributed by atoms with E-state index in [9.17, 15) is 13.2 Å². The van der Waals surface area contributed by atoms with Crippen LogP contribution in [0, 0.1) is 0 Å². The van der Waals surface area contributed by atoms with Crippen LogP contribution in [0.1, 0.15) is 31.2 Å². The van der Waals surface area contributed by atoms with Gasteiger partial charge in [0.15, 0.2) is 20.7 Å². The minimum absolute atomic E-state index is 0.00751. The first-order chi connectivity index (χ1) is 14.8. The van der Waals surface area contributed by atoms with E-state index in [1.165, 1.54) is 29.5 Å². The first-order valence-electron chi connectivity index (χ1n) is 9.72. The van der Waals surface area contributed by atoms with E-state index in [0.29, 0.717) is 10.7 Å². The van der Waals surface area contributed by atoms with Crippen molar-refractivity contribution in [2.24, 2.45) is 5.16 Å². The van der Waals surface area contributed by atoms with Gasteiger partial charge in [0, 0.05) is 11.8 Å². The highest BCUT2D eigenvalue weighted by Crippen LogP contribution is 2.27. The quantitative estimate of drug-likeness (QED) is 0.411. The van der Waals surface area contributed by atoms with Gasteiger partial charge >= 0.3 is 0 Å². The molecule has 31 heavy (non-hydrogen) atoms. The monoisotopic (exact) mass is 477 g/mol. The highest BCUT2D eigenvalue weighted by atomic mass is 35.5. The molecule has 0 bridgehead atoms. The van der Waals surface area contributed by atoms with Gasteiger partial charge in [-0.1, -0.05) is 46.3 Å². The molecule has 1 heterocycles. The van der Waals surface area contributed by atoms with E-state index in [0.717, 1.165) is 42.2 Å². The number of benzene rings is 2. The number of hydrogen-bond acceptors (Lipinski definition) is 7. The van der Waals surface area contributed by atoms with Crippen molar-refractivity contribution in [3.8, 4) is 0 Å². The molecule has 10 heteroatoms. The first-order valence-corrected chi connectivity index (χ1v) is 12.8. The van der Waals surface area contributed by atoms with Crippen LogP contribution < -0.4 is 5.32 Å². The molecule has 0 aliphatic heterocycles. The molecule has 0 atom stereocenters. The largest absolute Gasteiger partial charge is 0.392 e. The van der Waals surface area contributed by atoms with Gasteiger partial charge in [0.1, 0.15) is 6.10 Å². The Kier molecular flexibility index (Phi) is 6.27. The highest BCUT2D eigenvalue weighted by Gasteiger charge is 2.22. The summed E-state index contributed by atoms with van der Waals surface area (Å²) in [6, 6.07) is 11.8. The highest BCUT2D eigenvalue weighted by molar-refractivity contribution is 7.90. The van der Waals surface area contributed by atoms with Gasteiger partial charge < -0.3 is 4.84 Å². The molecule has 0 unspecified atom stereocenters. The van der Waals surface area contributed by atoms with Crippen LogP contribution >= 0.6 is 22.9 Å². The number of halogens is 1. The van der Waals surface area contributed by atoms with Gasteiger partial charge in [-0.2, -0.15) is 0 Å². The number of aromatic nitrogens is 1. The van der Waals surface area contributed by atoms with E-state index >= 15 is 0 Å². The van der Waals surface area contributed by atoms with Crippen LogP contribution in [0.5, 0.6) is 0 Å². The molecule has 7 nitrogen and oxygen atoms in total. The van der Waals surface area contributed by atoms with E-state index in [-0.39, 0.29) is 21.7 Å². The van der Waals surface area contributed by atoms with Crippen molar-refractivity contribution >= 4 is 59.7 Å². The van der Waals surface area contributed by atoms with Crippen molar-refractivity contribution in [2.45, 2.75) is 36.7 Å². The molecule has 0 saturated heterocycles. The Labute approximate surface area is 189 Å². The number of para-hydroxylation sites is 1. The second-order valence-corrected chi connectivity index (χ2v) is 10.7. The summed E-state index contributed by atoms with van der Waals surface area (Å²) in [5.74, 6) is -0.514. The number of fused-ring (bicyclic) bond motifs is 1. The van der Waals surface area contributed by atoms with Crippen LogP contribution in [0.4, 0.5) is 5.13 Å². The van der Waals surface area contributed by atoms with Crippen LogP contribution in [0.15, 0.2) is 52.5 Å². The number of oxime groups is 1. The Morgan fingerprint density at radius 2 is 1.97 bits per heavy atom. The molecule has 2 aromatic carbocycles. The molecule has 0 spiro atoms. The third-order valence-corrected chi connectivity index (χ3v) is 7.46. The van der Waals surface area contributed by atoms with Gasteiger partial charge in [0.25, 0.3) is 5.91 Å². The van der Waals surface area contributed by atoms with E-state index in [4.69, 9.17) is 16.4 Å². The summed E-state index contributed by atoms with van der Waals surface area (Å²) in [4.78, 5) is 23.1. The molecule has 4 rings (SSSR count). The molecule has 1 aliphatic rings. The maximum absolute atomic E-state index is 13.1. The second kappa shape index (κ2) is 8.94. The van der Waals surface area contributed by atoms with Crippen molar-refractivity contribution in [3.05, 3.63) is 53.1 Å². The number of amides is 1. The lowest BCUT2D eigenvalue weighted by molar-refractivity contribution is -0.110. The fourth-order valence-corrected chi connectivity index (χ4v) is 5.57. The average molecular weight is 478 g/mol. The molecule has 1 saturated carbocycles. The summed E-state index contributed by atoms with van der Waals surface area (Å²) in [5.41, 5.74) is 1.14. The van der Waals surface area contributed by atoms with Gasteiger partial charge in [0.05, 0.1) is 20.1 Å². The molecule has 1 aliphatic carbocycles. The lowest BCUT2D eigenvalue weighted by Gasteiger charge is -2.11. The first kappa shape index (κ1) is 21.7. The summed E-state index contributed by atoms with van der Waals surface area (Å²) in [6.45, 7) is 0. The average Bonchev–Trinajstić information content (AvgIpc) is 3.36. The van der Waals surface area contributed by atoms with Gasteiger partial charge in [0.2, 0.25) is 0 Å². The molecule has 1 amide bonds. The van der Waals surface area contributed by atoms with Crippen molar-refractivity contribution in [2.75, 3.05) is 11.6 Å². The Morgan fingerprint density at radius 1 is 1.23 bits per heavy atom. The van der Waals surface area contributed by atoms with Gasteiger partial charge in [-0.15, -0.1) is 0 Å². The Balaban J connectivity index is 1.65. The van der Waals surface area contributed by atoms with Gasteiger partial charge in [-0.3, -0.25) is 10.1 Å². The lowest BCUT2D eigenvalue weighted by atomic mass is 10.1. The number of hydrogen-bond donors (Lipinski definition) is 1. The summed E-state index contributed by atoms with van der Waals surface area (Å²) in [6.07, 6.45) is 4.90. The topological polar surface area (TPSA) is 97.7 Å². The normalized spacial score (nSPS) is 15.4. The number of carbonyl (C=O) groups excluding carboxylic acids is 1. The smallest absolute Gasteiger partial charge is 0.280 e. The molecule has 162 valence electrons. The summed E-state index contributed by atoms with van der Waals surface area (Å²) < 4.78 is 24.7. The van der Waals surface area contributed by atoms with Crippen LogP contribution in [-0.4, -0.2) is 37.4 Å². The predicted octanol–water partition coefficient (Wildman–Crippen LogP) is 4.66. The molecule has 1 N–H and O–H groups in total. The Hall–Kier alpha value is -2.49. The zero-order chi connectivity index (χ0) is 22.0. The maximum Gasteiger partial charge on any atom is 0.280 e. The number of carbonyl (C=O) groups is 1. The number of thiazole rings is 1. The summed E-state index contributed by atoms with van der Waals surface area (Å²) in [7, 11) is -3.50. The minimum Gasteiger partial charge on any atom is -0.392 e. The minimum atomic E-state index is -3.50. The number of nitrogens with zero attached hydrogens (tertiary/aromatic N) is 2.